The maximum absolute atomic E-state index is 13.7. The Morgan fingerprint density at radius 2 is 1.89 bits per heavy atom. The zero-order valence-electron chi connectivity index (χ0n) is 10.00. The summed E-state index contributed by atoms with van der Waals surface area (Å²) in [6.07, 6.45) is 5.53. The number of halogens is 2. The highest BCUT2D eigenvalue weighted by atomic mass is 32.2. The van der Waals surface area contributed by atoms with Gasteiger partial charge in [-0.15, -0.1) is 5.92 Å². The molecule has 0 N–H and O–H groups in total. The first-order valence-electron chi connectivity index (χ1n) is 5.33. The average Bonchev–Trinajstić information content (AvgIpc) is 2.33. The zero-order valence-corrected chi connectivity index (χ0v) is 10.8. The lowest BCUT2D eigenvalue weighted by Gasteiger charge is -2.18. The molecule has 0 unspecified atom stereocenters. The summed E-state index contributed by atoms with van der Waals surface area (Å²) in [5.74, 6) is 3.68. The predicted molar refractivity (Wildman–Crippen MR) is 71.4 cm³/mol. The Kier molecular flexibility index (Phi) is 3.73. The summed E-state index contributed by atoms with van der Waals surface area (Å²) in [5.41, 5.74) is 0.347. The van der Waals surface area contributed by atoms with Crippen LogP contribution in [0.2, 0.25) is 0 Å². The highest BCUT2D eigenvalue weighted by Gasteiger charge is 2.14. The Hall–Kier alpha value is -1.73. The van der Waals surface area contributed by atoms with Crippen LogP contribution in [0.4, 0.5) is 8.78 Å². The molecule has 1 aromatic rings. The molecule has 0 aromatic heterocycles. The van der Waals surface area contributed by atoms with Crippen LogP contribution in [0.3, 0.4) is 0 Å². The second-order valence-electron chi connectivity index (χ2n) is 3.70. The van der Waals surface area contributed by atoms with E-state index in [0.717, 1.165) is 4.91 Å². The fourth-order valence-corrected chi connectivity index (χ4v) is 2.38. The molecule has 1 heterocycles. The van der Waals surface area contributed by atoms with E-state index in [1.54, 1.807) is 6.92 Å². The van der Waals surface area contributed by atoms with Gasteiger partial charge in [0.25, 0.3) is 0 Å². The minimum Gasteiger partial charge on any atom is -0.322 e. The van der Waals surface area contributed by atoms with Crippen molar-refractivity contribution in [2.45, 2.75) is 6.92 Å². The topological polar surface area (TPSA) is 3.24 Å². The molecule has 0 fully saturated rings. The Morgan fingerprint density at radius 1 is 1.22 bits per heavy atom. The molecule has 2 rings (SSSR count). The third kappa shape index (κ3) is 2.57. The number of hydrogen-bond donors (Lipinski definition) is 0. The van der Waals surface area contributed by atoms with Crippen molar-refractivity contribution >= 4 is 16.9 Å². The van der Waals surface area contributed by atoms with Crippen molar-refractivity contribution in [2.24, 2.45) is 0 Å². The summed E-state index contributed by atoms with van der Waals surface area (Å²) >= 11 is 1.41. The summed E-state index contributed by atoms with van der Waals surface area (Å²) < 4.78 is 29.3. The molecule has 0 amide bonds. The van der Waals surface area contributed by atoms with E-state index in [1.165, 1.54) is 24.1 Å². The van der Waals surface area contributed by atoms with Gasteiger partial charge in [0.15, 0.2) is 0 Å². The second kappa shape index (κ2) is 5.28. The number of nitrogens with zero attached hydrogens (tertiary/aromatic N) is 1. The third-order valence-electron chi connectivity index (χ3n) is 2.36. The molecule has 1 aliphatic rings. The molecule has 4 heteroatoms. The van der Waals surface area contributed by atoms with E-state index in [-0.39, 0.29) is 5.56 Å². The number of allylic oxidation sites excluding steroid dienone is 2. The van der Waals surface area contributed by atoms with Crippen molar-refractivity contribution in [2.75, 3.05) is 7.05 Å². The molecular formula is C14H11F2NS. The molecule has 1 aromatic carbocycles. The van der Waals surface area contributed by atoms with Crippen molar-refractivity contribution in [1.29, 1.82) is 0 Å². The van der Waals surface area contributed by atoms with Gasteiger partial charge in [-0.25, -0.2) is 8.78 Å². The molecule has 0 aliphatic carbocycles. The summed E-state index contributed by atoms with van der Waals surface area (Å²) in [6.45, 7) is 1.55. The minimum absolute atomic E-state index is 0.174. The zero-order chi connectivity index (χ0) is 13.1. The second-order valence-corrected chi connectivity index (χ2v) is 4.90. The highest BCUT2D eigenvalue weighted by molar-refractivity contribution is 8.06. The lowest BCUT2D eigenvalue weighted by atomic mass is 10.1. The number of hydrogen-bond acceptors (Lipinski definition) is 2. The van der Waals surface area contributed by atoms with Gasteiger partial charge < -0.3 is 4.31 Å². The predicted octanol–water partition coefficient (Wildman–Crippen LogP) is 3.78. The Labute approximate surface area is 109 Å². The van der Waals surface area contributed by atoms with Crippen LogP contribution in [-0.4, -0.2) is 11.4 Å². The number of rotatable bonds is 1. The molecule has 0 bridgehead atoms. The molecule has 1 aliphatic heterocycles. The summed E-state index contributed by atoms with van der Waals surface area (Å²) in [4.78, 5) is 0.800. The summed E-state index contributed by atoms with van der Waals surface area (Å²) in [7, 11) is 1.87. The molecule has 1 nitrogen and oxygen atoms in total. The SMILES string of the molecule is CC#Cc1c(F)cc(C2=CC=CN(C)S2)cc1F. The van der Waals surface area contributed by atoms with Gasteiger partial charge in [0.1, 0.15) is 11.6 Å². The first-order chi connectivity index (χ1) is 8.61. The van der Waals surface area contributed by atoms with E-state index in [4.69, 9.17) is 0 Å². The van der Waals surface area contributed by atoms with Crippen LogP contribution in [-0.2, 0) is 0 Å². The van der Waals surface area contributed by atoms with Crippen molar-refractivity contribution in [3.63, 3.8) is 0 Å². The summed E-state index contributed by atoms with van der Waals surface area (Å²) in [5, 5.41) is 0. The fraction of sp³-hybridized carbons (Fsp3) is 0.143. The van der Waals surface area contributed by atoms with Crippen molar-refractivity contribution in [3.8, 4) is 11.8 Å². The van der Waals surface area contributed by atoms with Gasteiger partial charge >= 0.3 is 0 Å². The van der Waals surface area contributed by atoms with Gasteiger partial charge in [-0.3, -0.25) is 0 Å². The Bertz CT molecular complexity index is 571. The first-order valence-corrected chi connectivity index (χ1v) is 6.10. The minimum atomic E-state index is -0.627. The van der Waals surface area contributed by atoms with Gasteiger partial charge in [-0.1, -0.05) is 5.92 Å². The van der Waals surface area contributed by atoms with Crippen LogP contribution in [0.1, 0.15) is 18.1 Å². The van der Waals surface area contributed by atoms with Crippen LogP contribution in [0.5, 0.6) is 0 Å². The van der Waals surface area contributed by atoms with E-state index in [9.17, 15) is 8.78 Å². The van der Waals surface area contributed by atoms with Gasteiger partial charge in [0.05, 0.1) is 5.56 Å². The lowest BCUT2D eigenvalue weighted by Crippen LogP contribution is -2.03. The Morgan fingerprint density at radius 3 is 2.44 bits per heavy atom. The smallest absolute Gasteiger partial charge is 0.142 e. The van der Waals surface area contributed by atoms with Crippen LogP contribution < -0.4 is 0 Å². The highest BCUT2D eigenvalue weighted by Crippen LogP contribution is 2.33. The molecule has 0 saturated heterocycles. The van der Waals surface area contributed by atoms with E-state index < -0.39 is 11.6 Å². The molecule has 18 heavy (non-hydrogen) atoms. The van der Waals surface area contributed by atoms with Crippen LogP contribution in [0.15, 0.2) is 30.5 Å². The van der Waals surface area contributed by atoms with E-state index in [0.29, 0.717) is 5.56 Å². The molecule has 0 saturated carbocycles. The van der Waals surface area contributed by atoms with Gasteiger partial charge in [0, 0.05) is 18.2 Å². The van der Waals surface area contributed by atoms with E-state index >= 15 is 0 Å². The molecule has 0 spiro atoms. The Balaban J connectivity index is 2.44. The first kappa shape index (κ1) is 12.7. The van der Waals surface area contributed by atoms with Crippen molar-refractivity contribution in [3.05, 3.63) is 53.2 Å². The largest absolute Gasteiger partial charge is 0.322 e. The molecule has 92 valence electrons. The standard InChI is InChI=1S/C14H11F2NS/c1-3-5-11-12(15)8-10(9-13(11)16)14-6-4-7-17(2)18-14/h4,6-9H,1-2H3. The van der Waals surface area contributed by atoms with Crippen LogP contribution in [0.25, 0.3) is 4.91 Å². The van der Waals surface area contributed by atoms with Crippen molar-refractivity contribution in [1.82, 2.24) is 4.31 Å². The van der Waals surface area contributed by atoms with E-state index in [2.05, 4.69) is 11.8 Å². The maximum Gasteiger partial charge on any atom is 0.142 e. The van der Waals surface area contributed by atoms with Gasteiger partial charge in [-0.2, -0.15) is 0 Å². The maximum atomic E-state index is 13.7. The fourth-order valence-electron chi connectivity index (χ4n) is 1.58. The monoisotopic (exact) mass is 263 g/mol. The third-order valence-corrected chi connectivity index (χ3v) is 3.34. The van der Waals surface area contributed by atoms with Crippen LogP contribution >= 0.6 is 11.9 Å². The van der Waals surface area contributed by atoms with Crippen LogP contribution in [0, 0.1) is 23.5 Å². The van der Waals surface area contributed by atoms with Gasteiger partial charge in [0.2, 0.25) is 0 Å². The molecule has 0 atom stereocenters. The lowest BCUT2D eigenvalue weighted by molar-refractivity contribution is 0.577. The quantitative estimate of drug-likeness (QED) is 0.560. The van der Waals surface area contributed by atoms with E-state index in [1.807, 2.05) is 29.7 Å². The normalized spacial score (nSPS) is 14.0. The molecular weight excluding hydrogens is 252 g/mol. The summed E-state index contributed by atoms with van der Waals surface area (Å²) in [6, 6.07) is 2.63. The van der Waals surface area contributed by atoms with Crippen molar-refractivity contribution < 1.29 is 8.78 Å². The number of benzene rings is 1. The van der Waals surface area contributed by atoms with Gasteiger partial charge in [-0.05, 0) is 48.7 Å². The average molecular weight is 263 g/mol. The molecule has 0 radical (unpaired) electrons.